The maximum atomic E-state index is 12.3. The molecule has 1 N–H and O–H groups in total. The predicted molar refractivity (Wildman–Crippen MR) is 109 cm³/mol. The van der Waals surface area contributed by atoms with E-state index < -0.39 is 6.36 Å². The van der Waals surface area contributed by atoms with Crippen molar-refractivity contribution in [3.8, 4) is 11.8 Å². The van der Waals surface area contributed by atoms with Gasteiger partial charge in [0.1, 0.15) is 5.75 Å². The number of nitrogens with zero attached hydrogens (tertiary/aromatic N) is 3. The lowest BCUT2D eigenvalue weighted by Crippen LogP contribution is -2.36. The van der Waals surface area contributed by atoms with E-state index in [1.54, 1.807) is 0 Å². The van der Waals surface area contributed by atoms with Gasteiger partial charge < -0.3 is 10.1 Å². The van der Waals surface area contributed by atoms with E-state index in [4.69, 9.17) is 5.26 Å². The molecular formula is C22H23F3N4O2. The predicted octanol–water partition coefficient (Wildman–Crippen LogP) is 3.60. The van der Waals surface area contributed by atoms with Crippen molar-refractivity contribution in [2.24, 2.45) is 0 Å². The third kappa shape index (κ3) is 7.59. The number of benzene rings is 2. The number of hydrogen-bond donors (Lipinski definition) is 1. The quantitative estimate of drug-likeness (QED) is 0.756. The van der Waals surface area contributed by atoms with E-state index in [0.29, 0.717) is 11.3 Å². The summed E-state index contributed by atoms with van der Waals surface area (Å²) in [5, 5.41) is 11.6. The summed E-state index contributed by atoms with van der Waals surface area (Å²) in [6, 6.07) is 14.7. The van der Waals surface area contributed by atoms with Crippen molar-refractivity contribution >= 4 is 11.6 Å². The molecule has 0 spiro atoms. The Morgan fingerprint density at radius 3 is 2.29 bits per heavy atom. The van der Waals surface area contributed by atoms with Crippen LogP contribution in [0, 0.1) is 11.3 Å². The number of amides is 1. The van der Waals surface area contributed by atoms with Crippen molar-refractivity contribution in [1.82, 2.24) is 9.80 Å². The number of rotatable bonds is 6. The van der Waals surface area contributed by atoms with Crippen LogP contribution < -0.4 is 10.1 Å². The van der Waals surface area contributed by atoms with Gasteiger partial charge >= 0.3 is 6.36 Å². The Hall–Kier alpha value is -3.09. The lowest BCUT2D eigenvalue weighted by molar-refractivity contribution is -0.274. The molecule has 2 aromatic rings. The Morgan fingerprint density at radius 2 is 1.65 bits per heavy atom. The fraction of sp³-hybridized carbons (Fsp3) is 0.364. The monoisotopic (exact) mass is 432 g/mol. The molecule has 1 amide bonds. The van der Waals surface area contributed by atoms with Gasteiger partial charge in [0.25, 0.3) is 0 Å². The Morgan fingerprint density at radius 1 is 1.00 bits per heavy atom. The number of carbonyl (C=O) groups excluding carboxylic acids is 1. The SMILES string of the molecule is N#Cc1ccc(CN2CCCN(CC(=O)Nc3ccc(OC(F)(F)F)cc3)CC2)cc1. The molecule has 164 valence electrons. The molecule has 0 atom stereocenters. The minimum atomic E-state index is -4.74. The van der Waals surface area contributed by atoms with Crippen LogP contribution in [0.2, 0.25) is 0 Å². The molecule has 0 aliphatic carbocycles. The highest BCUT2D eigenvalue weighted by Gasteiger charge is 2.31. The van der Waals surface area contributed by atoms with Gasteiger partial charge in [-0.25, -0.2) is 0 Å². The van der Waals surface area contributed by atoms with E-state index in [2.05, 4.69) is 25.9 Å². The summed E-state index contributed by atoms with van der Waals surface area (Å²) in [6.45, 7) is 4.26. The van der Waals surface area contributed by atoms with Crippen LogP contribution in [-0.4, -0.2) is 54.8 Å². The number of alkyl halides is 3. The summed E-state index contributed by atoms with van der Waals surface area (Å²) in [5.41, 5.74) is 2.19. The van der Waals surface area contributed by atoms with Crippen LogP contribution in [-0.2, 0) is 11.3 Å². The molecule has 1 fully saturated rings. The standard InChI is InChI=1S/C22H23F3N4O2/c23-22(24,25)31-20-8-6-19(7-9-20)27-21(30)16-29-11-1-10-28(12-13-29)15-18-4-2-17(14-26)3-5-18/h2-9H,1,10-13,15-16H2,(H,27,30). The highest BCUT2D eigenvalue weighted by molar-refractivity contribution is 5.92. The Kier molecular flexibility index (Phi) is 7.50. The summed E-state index contributed by atoms with van der Waals surface area (Å²) in [5.74, 6) is -0.551. The van der Waals surface area contributed by atoms with Gasteiger partial charge in [0.15, 0.2) is 0 Å². The van der Waals surface area contributed by atoms with Gasteiger partial charge in [0.05, 0.1) is 18.2 Å². The molecule has 0 bridgehead atoms. The number of halogens is 3. The largest absolute Gasteiger partial charge is 0.573 e. The zero-order chi connectivity index (χ0) is 22.3. The van der Waals surface area contributed by atoms with Gasteiger partial charge in [-0.1, -0.05) is 12.1 Å². The van der Waals surface area contributed by atoms with Gasteiger partial charge in [-0.3, -0.25) is 14.6 Å². The van der Waals surface area contributed by atoms with Crippen molar-refractivity contribution in [1.29, 1.82) is 5.26 Å². The Labute approximate surface area is 178 Å². The molecule has 6 nitrogen and oxygen atoms in total. The van der Waals surface area contributed by atoms with Crippen LogP contribution >= 0.6 is 0 Å². The molecule has 1 aliphatic heterocycles. The van der Waals surface area contributed by atoms with Crippen molar-refractivity contribution in [3.63, 3.8) is 0 Å². The van der Waals surface area contributed by atoms with Gasteiger partial charge in [-0.05, 0) is 61.5 Å². The molecule has 2 aromatic carbocycles. The lowest BCUT2D eigenvalue weighted by atomic mass is 10.1. The smallest absolute Gasteiger partial charge is 0.406 e. The Balaban J connectivity index is 1.45. The summed E-state index contributed by atoms with van der Waals surface area (Å²) in [7, 11) is 0. The molecule has 0 aromatic heterocycles. The molecule has 31 heavy (non-hydrogen) atoms. The van der Waals surface area contributed by atoms with Crippen LogP contribution in [0.3, 0.4) is 0 Å². The minimum Gasteiger partial charge on any atom is -0.406 e. The fourth-order valence-electron chi connectivity index (χ4n) is 3.43. The molecule has 1 saturated heterocycles. The zero-order valence-corrected chi connectivity index (χ0v) is 16.9. The van der Waals surface area contributed by atoms with Crippen molar-refractivity contribution in [2.75, 3.05) is 38.0 Å². The highest BCUT2D eigenvalue weighted by atomic mass is 19.4. The van der Waals surface area contributed by atoms with E-state index in [9.17, 15) is 18.0 Å². The second kappa shape index (κ2) is 10.3. The molecule has 0 radical (unpaired) electrons. The molecule has 1 heterocycles. The number of hydrogen-bond acceptors (Lipinski definition) is 5. The van der Waals surface area contributed by atoms with E-state index in [-0.39, 0.29) is 18.2 Å². The first-order valence-corrected chi connectivity index (χ1v) is 9.90. The first-order chi connectivity index (χ1) is 14.8. The molecule has 1 aliphatic rings. The van der Waals surface area contributed by atoms with Crippen LogP contribution in [0.4, 0.5) is 18.9 Å². The third-order valence-corrected chi connectivity index (χ3v) is 4.91. The summed E-state index contributed by atoms with van der Waals surface area (Å²) >= 11 is 0. The number of nitrogens with one attached hydrogen (secondary N) is 1. The van der Waals surface area contributed by atoms with E-state index >= 15 is 0 Å². The van der Waals surface area contributed by atoms with Crippen LogP contribution in [0.1, 0.15) is 17.5 Å². The number of carbonyl (C=O) groups is 1. The summed E-state index contributed by atoms with van der Waals surface area (Å²) in [4.78, 5) is 16.7. The second-order valence-electron chi connectivity index (χ2n) is 7.33. The lowest BCUT2D eigenvalue weighted by Gasteiger charge is -2.21. The minimum absolute atomic E-state index is 0.214. The average Bonchev–Trinajstić information content (AvgIpc) is 2.94. The van der Waals surface area contributed by atoms with Crippen molar-refractivity contribution < 1.29 is 22.7 Å². The number of ether oxygens (including phenoxy) is 1. The first kappa shape index (κ1) is 22.6. The van der Waals surface area contributed by atoms with E-state index in [1.807, 2.05) is 24.3 Å². The maximum absolute atomic E-state index is 12.3. The van der Waals surface area contributed by atoms with Crippen molar-refractivity contribution in [3.05, 3.63) is 59.7 Å². The van der Waals surface area contributed by atoms with Crippen molar-refractivity contribution in [2.45, 2.75) is 19.3 Å². The topological polar surface area (TPSA) is 68.6 Å². The van der Waals surface area contributed by atoms with Crippen LogP contribution in [0.25, 0.3) is 0 Å². The zero-order valence-electron chi connectivity index (χ0n) is 16.9. The maximum Gasteiger partial charge on any atom is 0.573 e. The first-order valence-electron chi connectivity index (χ1n) is 9.90. The van der Waals surface area contributed by atoms with Gasteiger partial charge in [0.2, 0.25) is 5.91 Å². The van der Waals surface area contributed by atoms with E-state index in [1.165, 1.54) is 12.1 Å². The number of anilines is 1. The summed E-state index contributed by atoms with van der Waals surface area (Å²) < 4.78 is 40.5. The van der Waals surface area contributed by atoms with Gasteiger partial charge in [0, 0.05) is 25.3 Å². The number of nitriles is 1. The molecule has 0 saturated carbocycles. The van der Waals surface area contributed by atoms with Gasteiger partial charge in [-0.15, -0.1) is 13.2 Å². The fourth-order valence-corrected chi connectivity index (χ4v) is 3.43. The molecular weight excluding hydrogens is 409 g/mol. The molecule has 9 heteroatoms. The van der Waals surface area contributed by atoms with Crippen LogP contribution in [0.5, 0.6) is 5.75 Å². The summed E-state index contributed by atoms with van der Waals surface area (Å²) in [6.07, 6.45) is -3.82. The highest BCUT2D eigenvalue weighted by Crippen LogP contribution is 2.24. The average molecular weight is 432 g/mol. The molecule has 3 rings (SSSR count). The normalized spacial score (nSPS) is 15.7. The molecule has 0 unspecified atom stereocenters. The Bertz CT molecular complexity index is 908. The second-order valence-corrected chi connectivity index (χ2v) is 7.33. The third-order valence-electron chi connectivity index (χ3n) is 4.91. The van der Waals surface area contributed by atoms with Crippen LogP contribution in [0.15, 0.2) is 48.5 Å². The van der Waals surface area contributed by atoms with Gasteiger partial charge in [-0.2, -0.15) is 5.26 Å². The van der Waals surface area contributed by atoms with E-state index in [0.717, 1.165) is 56.8 Å².